The Morgan fingerprint density at radius 3 is 1.86 bits per heavy atom. The molecular weight excluding hydrogens is 542 g/mol. The molecule has 0 bridgehead atoms. The number of hydrogen-bond donors (Lipinski definition) is 0. The van der Waals surface area contributed by atoms with Crippen LogP contribution in [-0.4, -0.2) is 49.8 Å². The summed E-state index contributed by atoms with van der Waals surface area (Å²) in [5.41, 5.74) is 4.07. The molecule has 1 saturated heterocycles. The Labute approximate surface area is 252 Å². The molecule has 7 heteroatoms. The minimum atomic E-state index is -0.621. The van der Waals surface area contributed by atoms with Gasteiger partial charge in [-0.05, 0) is 61.6 Å². The zero-order chi connectivity index (χ0) is 29.7. The van der Waals surface area contributed by atoms with E-state index in [0.29, 0.717) is 12.2 Å². The molecule has 0 saturated carbocycles. The van der Waals surface area contributed by atoms with Gasteiger partial charge in [0.1, 0.15) is 5.60 Å². The van der Waals surface area contributed by atoms with Crippen LogP contribution in [0.4, 0.5) is 4.79 Å². The lowest BCUT2D eigenvalue weighted by molar-refractivity contribution is -0.109. The van der Waals surface area contributed by atoms with Gasteiger partial charge in [-0.25, -0.2) is 4.79 Å². The van der Waals surface area contributed by atoms with Crippen molar-refractivity contribution in [2.75, 3.05) is 13.1 Å². The Balaban J connectivity index is 1.61. The van der Waals surface area contributed by atoms with E-state index in [1.807, 2.05) is 51.1 Å². The molecule has 0 N–H and O–H groups in total. The number of likely N-dealkylation sites (tertiary alicyclic amines) is 1. The van der Waals surface area contributed by atoms with Gasteiger partial charge in [0.2, 0.25) is 0 Å². The molecule has 4 aromatic rings. The number of nitrogens with zero attached hydrogens (tertiary/aromatic N) is 3. The molecule has 0 amide bonds. The molecule has 3 aromatic carbocycles. The van der Waals surface area contributed by atoms with Crippen LogP contribution in [-0.2, 0) is 15.1 Å². The molecule has 42 heavy (non-hydrogen) atoms. The molecule has 2 heterocycles. The van der Waals surface area contributed by atoms with Gasteiger partial charge in [0.25, 0.3) is 0 Å². The van der Waals surface area contributed by atoms with Crippen LogP contribution in [0.3, 0.4) is 0 Å². The van der Waals surface area contributed by atoms with E-state index in [-0.39, 0.29) is 10.4 Å². The van der Waals surface area contributed by atoms with Crippen molar-refractivity contribution in [2.24, 2.45) is 0 Å². The first-order valence-electron chi connectivity index (χ1n) is 14.2. The van der Waals surface area contributed by atoms with Gasteiger partial charge in [0, 0.05) is 31.5 Å². The number of benzene rings is 3. The number of ether oxygens (including phenoxy) is 1. The summed E-state index contributed by atoms with van der Waals surface area (Å²) in [6.45, 7) is 8.51. The summed E-state index contributed by atoms with van der Waals surface area (Å²) in [5, 5.41) is 4.60. The van der Waals surface area contributed by atoms with E-state index in [4.69, 9.17) is 4.74 Å². The lowest BCUT2D eigenvalue weighted by Gasteiger charge is -2.49. The lowest BCUT2D eigenvalue weighted by Crippen LogP contribution is -2.52. The highest BCUT2D eigenvalue weighted by Crippen LogP contribution is 2.45. The number of aromatic nitrogens is 2. The Hall–Kier alpha value is -3.94. The predicted molar refractivity (Wildman–Crippen MR) is 169 cm³/mol. The molecule has 1 aromatic heterocycles. The number of rotatable bonds is 6. The third kappa shape index (κ3) is 6.42. The molecule has 5 rings (SSSR count). The van der Waals surface area contributed by atoms with Crippen molar-refractivity contribution in [1.29, 1.82) is 0 Å². The van der Waals surface area contributed by atoms with Crippen molar-refractivity contribution in [3.63, 3.8) is 0 Å². The molecule has 0 aliphatic carbocycles. The van der Waals surface area contributed by atoms with Gasteiger partial charge in [-0.15, -0.1) is 0 Å². The maximum atomic E-state index is 12.6. The Morgan fingerprint density at radius 1 is 0.857 bits per heavy atom. The van der Waals surface area contributed by atoms with Crippen LogP contribution in [0.15, 0.2) is 109 Å². The SMILES string of the molecule is CC(=O)SC1CCN(C(c2ccccc2)(c2ccccc2)c2ccccc2)C/C1=C/c1ccn(C(=O)OC(C)(C)C)n1. The largest absolute Gasteiger partial charge is 0.442 e. The van der Waals surface area contributed by atoms with Gasteiger partial charge in [0.05, 0.1) is 11.2 Å². The second-order valence-electron chi connectivity index (χ2n) is 11.5. The fraction of sp³-hybridized carbons (Fsp3) is 0.286. The van der Waals surface area contributed by atoms with Gasteiger partial charge in [-0.2, -0.15) is 9.78 Å². The summed E-state index contributed by atoms with van der Waals surface area (Å²) in [4.78, 5) is 27.5. The van der Waals surface area contributed by atoms with Crippen LogP contribution < -0.4 is 0 Å². The molecule has 1 fully saturated rings. The first kappa shape index (κ1) is 29.5. The lowest BCUT2D eigenvalue weighted by atomic mass is 9.74. The topological polar surface area (TPSA) is 64.4 Å². The number of piperidine rings is 1. The number of carbonyl (C=O) groups excluding carboxylic acids is 2. The van der Waals surface area contributed by atoms with Crippen molar-refractivity contribution in [3.05, 3.63) is 131 Å². The third-order valence-corrected chi connectivity index (χ3v) is 8.48. The molecule has 0 spiro atoms. The van der Waals surface area contributed by atoms with E-state index < -0.39 is 17.2 Å². The number of hydrogen-bond acceptors (Lipinski definition) is 6. The number of thioether (sulfide) groups is 1. The molecule has 1 atom stereocenters. The Morgan fingerprint density at radius 2 is 1.38 bits per heavy atom. The van der Waals surface area contributed by atoms with Crippen molar-refractivity contribution < 1.29 is 14.3 Å². The fourth-order valence-electron chi connectivity index (χ4n) is 5.72. The van der Waals surface area contributed by atoms with Crippen LogP contribution in [0.1, 0.15) is 56.5 Å². The zero-order valence-electron chi connectivity index (χ0n) is 24.6. The van der Waals surface area contributed by atoms with Gasteiger partial charge >= 0.3 is 6.09 Å². The maximum absolute atomic E-state index is 12.6. The molecule has 6 nitrogen and oxygen atoms in total. The van der Waals surface area contributed by atoms with Gasteiger partial charge in [0.15, 0.2) is 5.12 Å². The summed E-state index contributed by atoms with van der Waals surface area (Å²) < 4.78 is 6.72. The highest BCUT2D eigenvalue weighted by molar-refractivity contribution is 8.14. The minimum Gasteiger partial charge on any atom is -0.442 e. The van der Waals surface area contributed by atoms with Crippen LogP contribution >= 0.6 is 11.8 Å². The standard InChI is InChI=1S/C35H37N3O3S/c1-26(39)42-32-21-22-37(25-27(32)24-31-20-23-38(36-31)33(40)41-34(2,3)4)35(28-14-8-5-9-15-28,29-16-10-6-11-17-29)30-18-12-7-13-19-30/h5-20,23-24,32H,21-22,25H2,1-4H3/b27-24-. The summed E-state index contributed by atoms with van der Waals surface area (Å²) in [5.74, 6) is 0. The van der Waals surface area contributed by atoms with Crippen LogP contribution in [0.2, 0.25) is 0 Å². The van der Waals surface area contributed by atoms with Crippen molar-refractivity contribution in [3.8, 4) is 0 Å². The van der Waals surface area contributed by atoms with Gasteiger partial charge in [-0.3, -0.25) is 9.69 Å². The summed E-state index contributed by atoms with van der Waals surface area (Å²) in [6.07, 6.45) is 3.91. The zero-order valence-corrected chi connectivity index (χ0v) is 25.4. The number of carbonyl (C=O) groups is 2. The molecule has 1 aliphatic heterocycles. The Bertz CT molecular complexity index is 1450. The van der Waals surface area contributed by atoms with Crippen molar-refractivity contribution in [1.82, 2.24) is 14.7 Å². The van der Waals surface area contributed by atoms with E-state index in [2.05, 4.69) is 82.8 Å². The Kier molecular flexibility index (Phi) is 8.80. The van der Waals surface area contributed by atoms with E-state index in [9.17, 15) is 9.59 Å². The first-order valence-corrected chi connectivity index (χ1v) is 15.1. The van der Waals surface area contributed by atoms with Crippen LogP contribution in [0, 0.1) is 0 Å². The second kappa shape index (κ2) is 12.5. The normalized spacial score (nSPS) is 17.2. The predicted octanol–water partition coefficient (Wildman–Crippen LogP) is 7.40. The van der Waals surface area contributed by atoms with E-state index in [1.165, 1.54) is 33.1 Å². The quantitative estimate of drug-likeness (QED) is 0.222. The molecular formula is C35H37N3O3S. The van der Waals surface area contributed by atoms with Crippen molar-refractivity contribution in [2.45, 2.75) is 50.5 Å². The maximum Gasteiger partial charge on any atom is 0.435 e. The van der Waals surface area contributed by atoms with E-state index in [1.54, 1.807) is 13.1 Å². The van der Waals surface area contributed by atoms with Gasteiger partial charge < -0.3 is 4.74 Å². The van der Waals surface area contributed by atoms with E-state index in [0.717, 1.165) is 18.5 Å². The third-order valence-electron chi connectivity index (χ3n) is 7.33. The smallest absolute Gasteiger partial charge is 0.435 e. The second-order valence-corrected chi connectivity index (χ2v) is 12.9. The molecule has 1 aliphatic rings. The monoisotopic (exact) mass is 579 g/mol. The van der Waals surface area contributed by atoms with Crippen molar-refractivity contribution >= 4 is 29.0 Å². The molecule has 216 valence electrons. The van der Waals surface area contributed by atoms with Crippen LogP contribution in [0.5, 0.6) is 0 Å². The summed E-state index contributed by atoms with van der Waals surface area (Å²) >= 11 is 1.36. The summed E-state index contributed by atoms with van der Waals surface area (Å²) in [6, 6.07) is 33.7. The molecule has 1 unspecified atom stereocenters. The highest BCUT2D eigenvalue weighted by atomic mass is 32.2. The fourth-order valence-corrected chi connectivity index (χ4v) is 6.64. The minimum absolute atomic E-state index is 0.00504. The average Bonchev–Trinajstić information content (AvgIpc) is 3.44. The highest BCUT2D eigenvalue weighted by Gasteiger charge is 2.44. The average molecular weight is 580 g/mol. The summed E-state index contributed by atoms with van der Waals surface area (Å²) in [7, 11) is 0. The van der Waals surface area contributed by atoms with Crippen LogP contribution in [0.25, 0.3) is 6.08 Å². The van der Waals surface area contributed by atoms with E-state index >= 15 is 0 Å². The van der Waals surface area contributed by atoms with Gasteiger partial charge in [-0.1, -0.05) is 103 Å². The molecule has 0 radical (unpaired) electrons. The first-order chi connectivity index (χ1) is 20.2.